The minimum absolute atomic E-state index is 0.201. The Hall–Kier alpha value is -3.15. The molecule has 0 saturated carbocycles. The molecule has 2 atom stereocenters. The lowest BCUT2D eigenvalue weighted by Crippen LogP contribution is -2.41. The number of nitrogens with one attached hydrogen (secondary N) is 2. The molecule has 1 heterocycles. The molecule has 1 saturated heterocycles. The smallest absolute Gasteiger partial charge is 0.325 e. The maximum atomic E-state index is 12.5. The average molecular weight is 365 g/mol. The van der Waals surface area contributed by atoms with Crippen LogP contribution in [0.2, 0.25) is 0 Å². The molecule has 1 aliphatic heterocycles. The van der Waals surface area contributed by atoms with E-state index < -0.39 is 12.1 Å². The van der Waals surface area contributed by atoms with Crippen molar-refractivity contribution >= 4 is 17.8 Å². The summed E-state index contributed by atoms with van der Waals surface area (Å²) in [7, 11) is 0. The van der Waals surface area contributed by atoms with Gasteiger partial charge in [0, 0.05) is 0 Å². The van der Waals surface area contributed by atoms with Gasteiger partial charge >= 0.3 is 6.03 Å². The van der Waals surface area contributed by atoms with Crippen molar-refractivity contribution in [3.63, 3.8) is 0 Å². The highest BCUT2D eigenvalue weighted by Crippen LogP contribution is 2.14. The number of imide groups is 1. The maximum Gasteiger partial charge on any atom is 0.325 e. The first-order valence-corrected chi connectivity index (χ1v) is 9.04. The fourth-order valence-electron chi connectivity index (χ4n) is 3.13. The van der Waals surface area contributed by atoms with E-state index in [-0.39, 0.29) is 24.4 Å². The first-order valence-electron chi connectivity index (χ1n) is 9.04. The molecule has 1 aliphatic rings. The van der Waals surface area contributed by atoms with Gasteiger partial charge in [-0.05, 0) is 30.9 Å². The highest BCUT2D eigenvalue weighted by Gasteiger charge is 2.38. The molecule has 140 valence electrons. The topological polar surface area (TPSA) is 78.5 Å². The number of hydrogen-bond acceptors (Lipinski definition) is 3. The van der Waals surface area contributed by atoms with E-state index in [0.29, 0.717) is 12.8 Å². The second-order valence-electron chi connectivity index (χ2n) is 6.65. The summed E-state index contributed by atoms with van der Waals surface area (Å²) in [6.45, 7) is 1.59. The van der Waals surface area contributed by atoms with E-state index in [9.17, 15) is 14.4 Å². The Morgan fingerprint density at radius 2 is 1.70 bits per heavy atom. The second kappa shape index (κ2) is 8.49. The minimum Gasteiger partial charge on any atom is -0.348 e. The lowest BCUT2D eigenvalue weighted by molar-refractivity contribution is -0.132. The fraction of sp³-hybridized carbons (Fsp3) is 0.286. The van der Waals surface area contributed by atoms with Crippen LogP contribution < -0.4 is 10.6 Å². The number of rotatable bonds is 7. The summed E-state index contributed by atoms with van der Waals surface area (Å²) < 4.78 is 0. The van der Waals surface area contributed by atoms with Crippen molar-refractivity contribution in [1.29, 1.82) is 0 Å². The van der Waals surface area contributed by atoms with E-state index in [4.69, 9.17) is 0 Å². The molecule has 0 unspecified atom stereocenters. The van der Waals surface area contributed by atoms with Crippen molar-refractivity contribution in [3.8, 4) is 0 Å². The van der Waals surface area contributed by atoms with E-state index >= 15 is 0 Å². The number of benzene rings is 2. The van der Waals surface area contributed by atoms with Crippen LogP contribution in [0.3, 0.4) is 0 Å². The zero-order chi connectivity index (χ0) is 19.2. The molecule has 2 N–H and O–H groups in total. The number of urea groups is 1. The molecular formula is C21H23N3O3. The van der Waals surface area contributed by atoms with E-state index in [1.807, 2.05) is 67.6 Å². The Morgan fingerprint density at radius 1 is 1.07 bits per heavy atom. The summed E-state index contributed by atoms with van der Waals surface area (Å²) in [6, 6.07) is 18.0. The molecule has 0 aliphatic carbocycles. The van der Waals surface area contributed by atoms with Crippen molar-refractivity contribution in [2.24, 2.45) is 0 Å². The normalized spacial score (nSPS) is 17.5. The molecule has 2 aromatic rings. The predicted octanol–water partition coefficient (Wildman–Crippen LogP) is 2.42. The van der Waals surface area contributed by atoms with Gasteiger partial charge in [-0.15, -0.1) is 0 Å². The Balaban J connectivity index is 1.53. The van der Waals surface area contributed by atoms with Crippen molar-refractivity contribution in [2.75, 3.05) is 6.54 Å². The first-order chi connectivity index (χ1) is 13.0. The Morgan fingerprint density at radius 3 is 2.37 bits per heavy atom. The predicted molar refractivity (Wildman–Crippen MR) is 102 cm³/mol. The monoisotopic (exact) mass is 365 g/mol. The van der Waals surface area contributed by atoms with Crippen LogP contribution in [0.4, 0.5) is 4.79 Å². The maximum absolute atomic E-state index is 12.5. The lowest BCUT2D eigenvalue weighted by Gasteiger charge is -2.17. The van der Waals surface area contributed by atoms with Crippen molar-refractivity contribution in [3.05, 3.63) is 71.8 Å². The van der Waals surface area contributed by atoms with Crippen LogP contribution in [0.1, 0.15) is 30.5 Å². The molecule has 2 aromatic carbocycles. The zero-order valence-corrected chi connectivity index (χ0v) is 15.2. The van der Waals surface area contributed by atoms with Gasteiger partial charge in [-0.1, -0.05) is 60.7 Å². The SMILES string of the molecule is C[C@@H](NC(=O)CN1C(=O)N[C@@H](CCc2ccccc2)C1=O)c1ccccc1. The summed E-state index contributed by atoms with van der Waals surface area (Å²) in [5.41, 5.74) is 2.07. The number of amides is 4. The number of nitrogens with zero attached hydrogens (tertiary/aromatic N) is 1. The standard InChI is InChI=1S/C21H23N3O3/c1-15(17-10-6-3-7-11-17)22-19(25)14-24-20(26)18(23-21(24)27)13-12-16-8-4-2-5-9-16/h2-11,15,18H,12-14H2,1H3,(H,22,25)(H,23,27)/t15-,18+/m1/s1. The van der Waals surface area contributed by atoms with Crippen molar-refractivity contribution in [2.45, 2.75) is 31.8 Å². The molecule has 0 bridgehead atoms. The molecular weight excluding hydrogens is 342 g/mol. The van der Waals surface area contributed by atoms with Crippen LogP contribution in [0.25, 0.3) is 0 Å². The van der Waals surface area contributed by atoms with Crippen LogP contribution in [0, 0.1) is 0 Å². The second-order valence-corrected chi connectivity index (χ2v) is 6.65. The molecule has 6 heteroatoms. The fourth-order valence-corrected chi connectivity index (χ4v) is 3.13. The molecule has 27 heavy (non-hydrogen) atoms. The van der Waals surface area contributed by atoms with E-state index in [2.05, 4.69) is 10.6 Å². The lowest BCUT2D eigenvalue weighted by atomic mass is 10.1. The van der Waals surface area contributed by atoms with Gasteiger partial charge in [-0.2, -0.15) is 0 Å². The van der Waals surface area contributed by atoms with Crippen molar-refractivity contribution < 1.29 is 14.4 Å². The van der Waals surface area contributed by atoms with Crippen molar-refractivity contribution in [1.82, 2.24) is 15.5 Å². The van der Waals surface area contributed by atoms with E-state index in [1.165, 1.54) is 0 Å². The number of hydrogen-bond donors (Lipinski definition) is 2. The number of aryl methyl sites for hydroxylation is 1. The molecule has 0 aromatic heterocycles. The third kappa shape index (κ3) is 4.73. The highest BCUT2D eigenvalue weighted by molar-refractivity contribution is 6.06. The highest BCUT2D eigenvalue weighted by atomic mass is 16.2. The Labute approximate surface area is 158 Å². The zero-order valence-electron chi connectivity index (χ0n) is 15.2. The summed E-state index contributed by atoms with van der Waals surface area (Å²) >= 11 is 0. The van der Waals surface area contributed by atoms with Gasteiger partial charge < -0.3 is 10.6 Å². The van der Waals surface area contributed by atoms with E-state index in [0.717, 1.165) is 16.0 Å². The number of carbonyl (C=O) groups excluding carboxylic acids is 3. The van der Waals surface area contributed by atoms with Gasteiger partial charge in [0.1, 0.15) is 12.6 Å². The van der Waals surface area contributed by atoms with E-state index in [1.54, 1.807) is 0 Å². The number of carbonyl (C=O) groups is 3. The quantitative estimate of drug-likeness (QED) is 0.740. The minimum atomic E-state index is -0.586. The third-order valence-electron chi connectivity index (χ3n) is 4.65. The van der Waals surface area contributed by atoms with Gasteiger partial charge in [0.25, 0.3) is 5.91 Å². The van der Waals surface area contributed by atoms with Crippen LogP contribution in [-0.2, 0) is 16.0 Å². The van der Waals surface area contributed by atoms with Crippen LogP contribution in [-0.4, -0.2) is 35.3 Å². The summed E-state index contributed by atoms with van der Waals surface area (Å²) in [5.74, 6) is -0.711. The van der Waals surface area contributed by atoms with Crippen LogP contribution in [0.5, 0.6) is 0 Å². The Kier molecular flexibility index (Phi) is 5.86. The Bertz CT molecular complexity index is 808. The summed E-state index contributed by atoms with van der Waals surface area (Å²) in [5, 5.41) is 5.50. The van der Waals surface area contributed by atoms with Gasteiger partial charge in [0.15, 0.2) is 0 Å². The molecule has 3 rings (SSSR count). The summed E-state index contributed by atoms with van der Waals surface area (Å²) in [4.78, 5) is 37.9. The van der Waals surface area contributed by atoms with Gasteiger partial charge in [0.05, 0.1) is 6.04 Å². The third-order valence-corrected chi connectivity index (χ3v) is 4.65. The van der Waals surface area contributed by atoms with Crippen LogP contribution >= 0.6 is 0 Å². The molecule has 6 nitrogen and oxygen atoms in total. The molecule has 4 amide bonds. The van der Waals surface area contributed by atoms with Gasteiger partial charge in [0.2, 0.25) is 5.91 Å². The molecule has 1 fully saturated rings. The molecule has 0 spiro atoms. The first kappa shape index (κ1) is 18.6. The van der Waals surface area contributed by atoms with Gasteiger partial charge in [-0.25, -0.2) is 4.79 Å². The van der Waals surface area contributed by atoms with Crippen LogP contribution in [0.15, 0.2) is 60.7 Å². The van der Waals surface area contributed by atoms with Gasteiger partial charge in [-0.3, -0.25) is 14.5 Å². The molecule has 0 radical (unpaired) electrons. The average Bonchev–Trinajstić information content (AvgIpc) is 2.95. The largest absolute Gasteiger partial charge is 0.348 e. The summed E-state index contributed by atoms with van der Waals surface area (Å²) in [6.07, 6.45) is 1.19.